The molecule has 0 amide bonds. The van der Waals surface area contributed by atoms with Gasteiger partial charge in [0.1, 0.15) is 13.2 Å². The average molecular weight is 819 g/mol. The monoisotopic (exact) mass is 818 g/mol. The molecule has 318 valence electrons. The second-order valence-electron chi connectivity index (χ2n) is 14.3. The van der Waals surface area contributed by atoms with E-state index in [1.807, 2.05) is 77.9 Å². The summed E-state index contributed by atoms with van der Waals surface area (Å²) in [7, 11) is 0. The van der Waals surface area contributed by atoms with Gasteiger partial charge >= 0.3 is 11.9 Å². The molecule has 0 N–H and O–H groups in total. The van der Waals surface area contributed by atoms with Gasteiger partial charge in [0, 0.05) is 10.6 Å². The van der Waals surface area contributed by atoms with Crippen LogP contribution < -0.4 is 20.9 Å². The van der Waals surface area contributed by atoms with Crippen LogP contribution in [-0.4, -0.2) is 51.6 Å². The topological polar surface area (TPSA) is 139 Å². The highest BCUT2D eigenvalue weighted by Crippen LogP contribution is 2.36. The molecule has 0 aliphatic heterocycles. The Balaban J connectivity index is 1.51. The summed E-state index contributed by atoms with van der Waals surface area (Å²) in [6, 6.07) is 24.1. The Labute approximate surface area is 352 Å². The number of ether oxygens (including phenoxy) is 2. The number of rotatable bonds is 19. The minimum absolute atomic E-state index is 0.111. The Kier molecular flexibility index (Phi) is 18.2. The lowest BCUT2D eigenvalue weighted by Gasteiger charge is -2.30. The van der Waals surface area contributed by atoms with Gasteiger partial charge in [-0.1, -0.05) is 38.1 Å². The highest BCUT2D eigenvalue weighted by molar-refractivity contribution is 6.36. The third-order valence-corrected chi connectivity index (χ3v) is 10.0. The van der Waals surface area contributed by atoms with Crippen molar-refractivity contribution in [3.8, 4) is 0 Å². The molecule has 0 aliphatic rings. The third kappa shape index (κ3) is 12.4. The van der Waals surface area contributed by atoms with E-state index in [2.05, 4.69) is 70.7 Å². The number of hydrogen-bond donors (Lipinski definition) is 0. The van der Waals surface area contributed by atoms with E-state index in [0.29, 0.717) is 24.1 Å². The van der Waals surface area contributed by atoms with Crippen molar-refractivity contribution in [3.63, 3.8) is 0 Å². The summed E-state index contributed by atoms with van der Waals surface area (Å²) in [4.78, 5) is 46.4. The van der Waals surface area contributed by atoms with Crippen molar-refractivity contribution < 1.29 is 38.6 Å². The molecule has 0 saturated heterocycles. The summed E-state index contributed by atoms with van der Waals surface area (Å²) >= 11 is 0. The lowest BCUT2D eigenvalue weighted by Crippen LogP contribution is -2.29. The fourth-order valence-electron chi connectivity index (χ4n) is 7.06. The van der Waals surface area contributed by atoms with Crippen LogP contribution in [0.4, 0.5) is 11.4 Å². The van der Waals surface area contributed by atoms with Crippen LogP contribution >= 0.6 is 0 Å². The summed E-state index contributed by atoms with van der Waals surface area (Å²) in [5, 5.41) is 20.9. The molecule has 0 saturated carbocycles. The zero-order valence-corrected chi connectivity index (χ0v) is 36.6. The standard InChI is InChI=1S/C48H58N4O8/c1-11-48(10,39-16-20-41(21-17-39)51-49-28-36-24-32(6)43(33(7)25-36)38(30-59-57-14-4)31-60-58-15-5)40-18-22-42(23-19-40)52-50-29-37-26-34(8)44(35(9)27-37)45(46(53)55-12-2)47(54)56-13-3/h16-29H,11-15,30-31H2,1-10H3. The molecule has 4 aromatic rings. The van der Waals surface area contributed by atoms with Crippen LogP contribution in [0.1, 0.15) is 81.3 Å². The quantitative estimate of drug-likeness (QED) is 0.0232. The summed E-state index contributed by atoms with van der Waals surface area (Å²) < 4.78 is 10.3. The van der Waals surface area contributed by atoms with Crippen LogP contribution in [0.5, 0.6) is 0 Å². The molecule has 60 heavy (non-hydrogen) atoms. The zero-order valence-electron chi connectivity index (χ0n) is 36.6. The molecular formula is C48H58N4O8. The first kappa shape index (κ1) is 47.0. The highest BCUT2D eigenvalue weighted by Gasteiger charge is 2.27. The molecule has 0 aliphatic carbocycles. The number of hydrogen-bond acceptors (Lipinski definition) is 12. The van der Waals surface area contributed by atoms with Gasteiger partial charge in [-0.3, -0.25) is 0 Å². The molecular weight excluding hydrogens is 761 g/mol. The van der Waals surface area contributed by atoms with Crippen LogP contribution in [0.2, 0.25) is 0 Å². The number of carbonyl (C=O) groups is 2. The van der Waals surface area contributed by atoms with Crippen LogP contribution in [0.25, 0.3) is 23.5 Å². The molecule has 0 aromatic heterocycles. The largest absolute Gasteiger partial charge is 0.462 e. The van der Waals surface area contributed by atoms with Gasteiger partial charge in [-0.05, 0) is 165 Å². The predicted molar refractivity (Wildman–Crippen MR) is 233 cm³/mol. The second kappa shape index (κ2) is 23.2. The van der Waals surface area contributed by atoms with E-state index in [0.717, 1.165) is 66.7 Å². The Morgan fingerprint density at radius 2 is 0.933 bits per heavy atom. The number of benzene rings is 4. The number of nitrogens with zero attached hydrogens (tertiary/aromatic N) is 4. The minimum atomic E-state index is -0.709. The number of azo groups is 2. The number of esters is 2. The fourth-order valence-corrected chi connectivity index (χ4v) is 7.06. The van der Waals surface area contributed by atoms with Gasteiger partial charge < -0.3 is 9.47 Å². The average Bonchev–Trinajstić information content (AvgIpc) is 3.22. The summed E-state index contributed by atoms with van der Waals surface area (Å²) in [6.45, 7) is 21.0. The van der Waals surface area contributed by atoms with E-state index in [-0.39, 0.29) is 37.4 Å². The smallest absolute Gasteiger partial charge is 0.346 e. The van der Waals surface area contributed by atoms with Crippen LogP contribution in [0.15, 0.2) is 93.3 Å². The van der Waals surface area contributed by atoms with E-state index in [1.54, 1.807) is 26.2 Å². The van der Waals surface area contributed by atoms with Gasteiger partial charge in [-0.2, -0.15) is 20.5 Å². The van der Waals surface area contributed by atoms with Crippen LogP contribution in [0.3, 0.4) is 0 Å². The van der Waals surface area contributed by atoms with E-state index in [4.69, 9.17) is 29.0 Å². The maximum atomic E-state index is 12.7. The molecule has 4 aromatic carbocycles. The van der Waals surface area contributed by atoms with Crippen molar-refractivity contribution >= 4 is 46.9 Å². The van der Waals surface area contributed by atoms with Gasteiger partial charge in [0.15, 0.2) is 5.57 Å². The molecule has 12 nitrogen and oxygen atoms in total. The first-order valence-electron chi connectivity index (χ1n) is 20.4. The second-order valence-corrected chi connectivity index (χ2v) is 14.3. The summed E-state index contributed by atoms with van der Waals surface area (Å²) in [6.07, 6.45) is 4.28. The molecule has 1 unspecified atom stereocenters. The summed E-state index contributed by atoms with van der Waals surface area (Å²) in [5.74, 6) is -1.42. The molecule has 0 fully saturated rings. The van der Waals surface area contributed by atoms with Crippen molar-refractivity contribution in [2.24, 2.45) is 20.5 Å². The van der Waals surface area contributed by atoms with Gasteiger partial charge in [-0.25, -0.2) is 29.1 Å². The Hall–Kier alpha value is -5.66. The van der Waals surface area contributed by atoms with E-state index in [9.17, 15) is 9.59 Å². The van der Waals surface area contributed by atoms with Gasteiger partial charge in [0.25, 0.3) is 0 Å². The molecule has 0 radical (unpaired) electrons. The molecule has 0 spiro atoms. The van der Waals surface area contributed by atoms with Gasteiger partial charge in [0.2, 0.25) is 0 Å². The molecule has 12 heteroatoms. The van der Waals surface area contributed by atoms with Gasteiger partial charge in [0.05, 0.1) is 50.2 Å². The van der Waals surface area contributed by atoms with Crippen LogP contribution in [-0.2, 0) is 44.0 Å². The maximum Gasteiger partial charge on any atom is 0.346 e. The SMILES string of the molecule is CCOOCC(COOCC)=c1c(C)cc(=CN=Nc2ccc(C(C)(CC)c3ccc(N=NC=c4cc(C)c(=C(C(=O)OCC)C(=O)OCC)c(C)c4)cc3)cc2)cc1C. The maximum absolute atomic E-state index is 12.7. The normalized spacial score (nSPS) is 12.4. The van der Waals surface area contributed by atoms with Crippen molar-refractivity contribution in [2.75, 3.05) is 39.6 Å². The van der Waals surface area contributed by atoms with Crippen molar-refractivity contribution in [2.45, 2.75) is 81.1 Å². The van der Waals surface area contributed by atoms with Crippen molar-refractivity contribution in [1.29, 1.82) is 0 Å². The Morgan fingerprint density at radius 3 is 1.28 bits per heavy atom. The zero-order chi connectivity index (χ0) is 43.7. The lowest BCUT2D eigenvalue weighted by atomic mass is 9.74. The number of carbonyl (C=O) groups excluding carboxylic acids is 2. The van der Waals surface area contributed by atoms with Gasteiger partial charge in [-0.15, -0.1) is 0 Å². The van der Waals surface area contributed by atoms with Crippen molar-refractivity contribution in [1.82, 2.24) is 0 Å². The third-order valence-electron chi connectivity index (χ3n) is 10.0. The van der Waals surface area contributed by atoms with E-state index >= 15 is 0 Å². The predicted octanol–water partition coefficient (Wildman–Crippen LogP) is 8.04. The van der Waals surface area contributed by atoms with Crippen LogP contribution in [0, 0.1) is 27.7 Å². The van der Waals surface area contributed by atoms with Crippen molar-refractivity contribution in [3.05, 3.63) is 127 Å². The highest BCUT2D eigenvalue weighted by atomic mass is 17.2. The minimum Gasteiger partial charge on any atom is -0.462 e. The first-order valence-corrected chi connectivity index (χ1v) is 20.4. The summed E-state index contributed by atoms with van der Waals surface area (Å²) in [5.41, 5.74) is 7.86. The number of aryl methyl sites for hydroxylation is 4. The molecule has 1 atom stereocenters. The molecule has 0 heterocycles. The van der Waals surface area contributed by atoms with E-state index < -0.39 is 11.9 Å². The molecule has 4 rings (SSSR count). The Morgan fingerprint density at radius 1 is 0.550 bits per heavy atom. The fraction of sp³-hybridized carbons (Fsp3) is 0.375. The Bertz CT molecular complexity index is 2320. The van der Waals surface area contributed by atoms with E-state index in [1.165, 1.54) is 0 Å². The lowest BCUT2D eigenvalue weighted by molar-refractivity contribution is -0.293. The molecule has 0 bridgehead atoms. The first-order chi connectivity index (χ1) is 28.9.